The van der Waals surface area contributed by atoms with E-state index < -0.39 is 6.02 Å². The molecular weight excluding hydrogens is 122 g/mol. The zero-order chi connectivity index (χ0) is 6.69. The molecule has 1 heterocycles. The van der Waals surface area contributed by atoms with E-state index in [1.165, 1.54) is 12.5 Å². The third kappa shape index (κ3) is 1.45. The minimum absolute atomic E-state index is 0.0116. The Morgan fingerprint density at radius 3 is 3.11 bits per heavy atom. The molecule has 1 aromatic rings. The summed E-state index contributed by atoms with van der Waals surface area (Å²) in [5, 5.41) is 6.63. The lowest BCUT2D eigenvalue weighted by atomic mass is 11.0. The molecule has 9 heavy (non-hydrogen) atoms. The molecule has 0 spiro atoms. The standard InChI is InChI=1S/C4H5N3O2/c5-3(6)9-4-7-1-2-8-4/h1-2H,(H3,5,6). The number of nitrogens with one attached hydrogen (secondary N) is 1. The Kier molecular flexibility index (Phi) is 1.35. The summed E-state index contributed by atoms with van der Waals surface area (Å²) in [6.07, 6.45) is 2.72. The van der Waals surface area contributed by atoms with E-state index in [1.807, 2.05) is 0 Å². The van der Waals surface area contributed by atoms with Crippen LogP contribution in [0.15, 0.2) is 16.9 Å². The van der Waals surface area contributed by atoms with Crippen molar-refractivity contribution in [3.63, 3.8) is 0 Å². The highest BCUT2D eigenvalue weighted by atomic mass is 16.6. The molecule has 0 radical (unpaired) electrons. The molecule has 0 unspecified atom stereocenters. The molecule has 0 aliphatic heterocycles. The van der Waals surface area contributed by atoms with Gasteiger partial charge in [-0.25, -0.2) is 0 Å². The predicted molar refractivity (Wildman–Crippen MR) is 29.0 cm³/mol. The zero-order valence-electron chi connectivity index (χ0n) is 4.50. The first-order chi connectivity index (χ1) is 4.29. The lowest BCUT2D eigenvalue weighted by Gasteiger charge is -1.91. The Bertz CT molecular complexity index is 194. The number of hydrogen-bond acceptors (Lipinski definition) is 4. The summed E-state index contributed by atoms with van der Waals surface area (Å²) in [7, 11) is 0. The number of nitrogens with zero attached hydrogens (tertiary/aromatic N) is 1. The highest BCUT2D eigenvalue weighted by Gasteiger charge is 1.97. The number of aromatic nitrogens is 1. The first-order valence-electron chi connectivity index (χ1n) is 2.20. The van der Waals surface area contributed by atoms with Crippen molar-refractivity contribution < 1.29 is 9.15 Å². The summed E-state index contributed by atoms with van der Waals surface area (Å²) in [4.78, 5) is 3.55. The van der Waals surface area contributed by atoms with Gasteiger partial charge in [0.25, 0.3) is 6.02 Å². The van der Waals surface area contributed by atoms with Gasteiger partial charge in [-0.15, -0.1) is 0 Å². The van der Waals surface area contributed by atoms with Crippen molar-refractivity contribution >= 4 is 6.02 Å². The maximum Gasteiger partial charge on any atom is 0.401 e. The van der Waals surface area contributed by atoms with Gasteiger partial charge in [0.1, 0.15) is 6.26 Å². The summed E-state index contributed by atoms with van der Waals surface area (Å²) in [6.45, 7) is 0. The van der Waals surface area contributed by atoms with Crippen LogP contribution >= 0.6 is 0 Å². The molecular formula is C4H5N3O2. The average molecular weight is 127 g/mol. The highest BCUT2D eigenvalue weighted by Crippen LogP contribution is 2.02. The van der Waals surface area contributed by atoms with Gasteiger partial charge >= 0.3 is 6.08 Å². The van der Waals surface area contributed by atoms with Gasteiger partial charge in [0.05, 0.1) is 6.20 Å². The van der Waals surface area contributed by atoms with Crippen LogP contribution in [0.3, 0.4) is 0 Å². The van der Waals surface area contributed by atoms with Gasteiger partial charge in [-0.2, -0.15) is 4.98 Å². The van der Waals surface area contributed by atoms with E-state index in [2.05, 4.69) is 14.1 Å². The van der Waals surface area contributed by atoms with Crippen LogP contribution in [-0.4, -0.2) is 11.0 Å². The molecule has 0 amide bonds. The molecule has 0 atom stereocenters. The Hall–Kier alpha value is -1.52. The van der Waals surface area contributed by atoms with Crippen LogP contribution in [0.4, 0.5) is 0 Å². The molecule has 0 aliphatic rings. The van der Waals surface area contributed by atoms with E-state index in [0.29, 0.717) is 0 Å². The van der Waals surface area contributed by atoms with Crippen LogP contribution < -0.4 is 10.5 Å². The molecule has 48 valence electrons. The lowest BCUT2D eigenvalue weighted by molar-refractivity contribution is 0.360. The zero-order valence-corrected chi connectivity index (χ0v) is 4.50. The van der Waals surface area contributed by atoms with Crippen LogP contribution in [0.1, 0.15) is 0 Å². The molecule has 5 nitrogen and oxygen atoms in total. The average Bonchev–Trinajstić information content (AvgIpc) is 2.15. The molecule has 0 saturated heterocycles. The lowest BCUT2D eigenvalue weighted by Crippen LogP contribution is -2.17. The van der Waals surface area contributed by atoms with Gasteiger partial charge in [-0.05, 0) is 0 Å². The fourth-order valence-corrected chi connectivity index (χ4v) is 0.355. The summed E-state index contributed by atoms with van der Waals surface area (Å²) in [5.74, 6) is 0. The maximum absolute atomic E-state index is 6.63. The molecule has 0 aliphatic carbocycles. The van der Waals surface area contributed by atoms with Crippen LogP contribution in [-0.2, 0) is 0 Å². The van der Waals surface area contributed by atoms with Gasteiger partial charge in [0, 0.05) is 0 Å². The van der Waals surface area contributed by atoms with E-state index >= 15 is 0 Å². The number of nitrogens with two attached hydrogens (primary N) is 1. The van der Waals surface area contributed by atoms with Crippen molar-refractivity contribution in [2.75, 3.05) is 0 Å². The molecule has 0 saturated carbocycles. The monoisotopic (exact) mass is 127 g/mol. The summed E-state index contributed by atoms with van der Waals surface area (Å²) < 4.78 is 9.03. The van der Waals surface area contributed by atoms with Crippen molar-refractivity contribution in [2.45, 2.75) is 0 Å². The molecule has 1 aromatic heterocycles. The van der Waals surface area contributed by atoms with E-state index in [4.69, 9.17) is 11.1 Å². The summed E-state index contributed by atoms with van der Waals surface area (Å²) in [5.41, 5.74) is 4.84. The van der Waals surface area contributed by atoms with Crippen molar-refractivity contribution in [1.82, 2.24) is 4.98 Å². The van der Waals surface area contributed by atoms with Crippen molar-refractivity contribution in [3.05, 3.63) is 12.5 Å². The molecule has 3 N–H and O–H groups in total. The SMILES string of the molecule is N=C(N)Oc1ncco1. The Balaban J connectivity index is 2.58. The maximum atomic E-state index is 6.63. The second kappa shape index (κ2) is 2.17. The van der Waals surface area contributed by atoms with Crippen LogP contribution in [0, 0.1) is 5.41 Å². The largest absolute Gasteiger partial charge is 0.417 e. The highest BCUT2D eigenvalue weighted by molar-refractivity contribution is 5.69. The number of rotatable bonds is 1. The third-order valence-corrected chi connectivity index (χ3v) is 0.607. The van der Waals surface area contributed by atoms with Crippen LogP contribution in [0.2, 0.25) is 0 Å². The number of oxazole rings is 1. The summed E-state index contributed by atoms with van der Waals surface area (Å²) in [6, 6.07) is -0.433. The second-order valence-corrected chi connectivity index (χ2v) is 1.26. The van der Waals surface area contributed by atoms with Crippen molar-refractivity contribution in [3.8, 4) is 6.08 Å². The fraction of sp³-hybridized carbons (Fsp3) is 0. The minimum Gasteiger partial charge on any atom is -0.417 e. The van der Waals surface area contributed by atoms with Crippen molar-refractivity contribution in [2.24, 2.45) is 5.73 Å². The molecule has 0 aromatic carbocycles. The Morgan fingerprint density at radius 1 is 1.89 bits per heavy atom. The second-order valence-electron chi connectivity index (χ2n) is 1.26. The number of amidine groups is 1. The Morgan fingerprint density at radius 2 is 2.67 bits per heavy atom. The Labute approximate surface area is 50.9 Å². The number of ether oxygens (including phenoxy) is 1. The first-order valence-corrected chi connectivity index (χ1v) is 2.20. The van der Waals surface area contributed by atoms with E-state index in [-0.39, 0.29) is 6.08 Å². The summed E-state index contributed by atoms with van der Waals surface area (Å²) >= 11 is 0. The fourth-order valence-electron chi connectivity index (χ4n) is 0.355. The van der Waals surface area contributed by atoms with Gasteiger partial charge < -0.3 is 14.9 Å². The first kappa shape index (κ1) is 5.61. The third-order valence-electron chi connectivity index (χ3n) is 0.607. The normalized spacial score (nSPS) is 8.89. The van der Waals surface area contributed by atoms with E-state index in [1.54, 1.807) is 0 Å². The predicted octanol–water partition coefficient (Wildman–Crippen LogP) is -0.0531. The van der Waals surface area contributed by atoms with E-state index in [0.717, 1.165) is 0 Å². The van der Waals surface area contributed by atoms with E-state index in [9.17, 15) is 0 Å². The molecule has 5 heteroatoms. The topological polar surface area (TPSA) is 85.1 Å². The molecule has 0 fully saturated rings. The van der Waals surface area contributed by atoms with Crippen LogP contribution in [0.25, 0.3) is 0 Å². The van der Waals surface area contributed by atoms with Gasteiger partial charge in [-0.3, -0.25) is 5.41 Å². The van der Waals surface area contributed by atoms with Gasteiger partial charge in [0.15, 0.2) is 0 Å². The van der Waals surface area contributed by atoms with Crippen molar-refractivity contribution in [1.29, 1.82) is 5.41 Å². The van der Waals surface area contributed by atoms with Gasteiger partial charge in [0.2, 0.25) is 0 Å². The van der Waals surface area contributed by atoms with Gasteiger partial charge in [-0.1, -0.05) is 0 Å². The minimum atomic E-state index is -0.433. The molecule has 0 bridgehead atoms. The number of hydrogen-bond donors (Lipinski definition) is 2. The molecule has 1 rings (SSSR count). The van der Waals surface area contributed by atoms with Crippen LogP contribution in [0.5, 0.6) is 6.08 Å². The quantitative estimate of drug-likeness (QED) is 0.409. The smallest absolute Gasteiger partial charge is 0.401 e.